The number of carbonyl (C=O) groups is 2. The average Bonchev–Trinajstić information content (AvgIpc) is 2.40. The second-order valence-corrected chi connectivity index (χ2v) is 11.2. The molecule has 1 unspecified atom stereocenters. The molecular formula is C14H23N3O4Si. The van der Waals surface area contributed by atoms with Gasteiger partial charge in [-0.3, -0.25) is 9.59 Å². The molecule has 0 radical (unpaired) electrons. The molecule has 122 valence electrons. The standard InChI is InChI=1S/C14H23N3O4Si/c1-14(2,10-11(16-17-15)12(18)20-3)13(19)21-8-7-9-22(4,5)6/h11H,8,10H2,1-6H3. The first-order chi connectivity index (χ1) is 10.0. The zero-order valence-electron chi connectivity index (χ0n) is 14.0. The lowest BCUT2D eigenvalue weighted by Crippen LogP contribution is -2.34. The van der Waals surface area contributed by atoms with Crippen molar-refractivity contribution in [1.29, 1.82) is 0 Å². The smallest absolute Gasteiger partial charge is 0.314 e. The van der Waals surface area contributed by atoms with Gasteiger partial charge in [0.05, 0.1) is 12.5 Å². The van der Waals surface area contributed by atoms with E-state index in [1.54, 1.807) is 13.8 Å². The Kier molecular flexibility index (Phi) is 7.71. The zero-order valence-corrected chi connectivity index (χ0v) is 15.0. The van der Waals surface area contributed by atoms with Crippen LogP contribution in [0.15, 0.2) is 5.11 Å². The van der Waals surface area contributed by atoms with Crippen molar-refractivity contribution in [2.45, 2.75) is 46.0 Å². The van der Waals surface area contributed by atoms with E-state index in [1.807, 2.05) is 0 Å². The summed E-state index contributed by atoms with van der Waals surface area (Å²) in [6.45, 7) is 9.51. The first-order valence-corrected chi connectivity index (χ1v) is 10.3. The summed E-state index contributed by atoms with van der Waals surface area (Å²) in [5, 5.41) is 3.37. The summed E-state index contributed by atoms with van der Waals surface area (Å²) >= 11 is 0. The van der Waals surface area contributed by atoms with Crippen LogP contribution in [0.25, 0.3) is 10.4 Å². The molecule has 0 aliphatic carbocycles. The van der Waals surface area contributed by atoms with Gasteiger partial charge in [0.2, 0.25) is 0 Å². The molecule has 0 aliphatic rings. The lowest BCUT2D eigenvalue weighted by molar-refractivity contribution is -0.154. The molecular weight excluding hydrogens is 302 g/mol. The van der Waals surface area contributed by atoms with Crippen molar-refractivity contribution in [2.24, 2.45) is 10.5 Å². The third kappa shape index (κ3) is 7.72. The highest BCUT2D eigenvalue weighted by molar-refractivity contribution is 6.83. The van der Waals surface area contributed by atoms with Crippen LogP contribution in [0.3, 0.4) is 0 Å². The summed E-state index contributed by atoms with van der Waals surface area (Å²) < 4.78 is 9.67. The van der Waals surface area contributed by atoms with Gasteiger partial charge in [0, 0.05) is 4.91 Å². The Balaban J connectivity index is 4.76. The van der Waals surface area contributed by atoms with Crippen molar-refractivity contribution >= 4 is 20.0 Å². The monoisotopic (exact) mass is 325 g/mol. The van der Waals surface area contributed by atoms with Crippen molar-refractivity contribution in [3.63, 3.8) is 0 Å². The largest absolute Gasteiger partial charge is 0.469 e. The molecule has 0 N–H and O–H groups in total. The number of esters is 2. The molecule has 22 heavy (non-hydrogen) atoms. The van der Waals surface area contributed by atoms with Gasteiger partial charge in [0.1, 0.15) is 14.1 Å². The van der Waals surface area contributed by atoms with Crippen LogP contribution in [0.4, 0.5) is 0 Å². The number of hydrogen-bond acceptors (Lipinski definition) is 5. The molecule has 0 spiro atoms. The quantitative estimate of drug-likeness (QED) is 0.187. The van der Waals surface area contributed by atoms with Crippen LogP contribution in [0.5, 0.6) is 0 Å². The van der Waals surface area contributed by atoms with E-state index in [4.69, 9.17) is 10.3 Å². The Morgan fingerprint density at radius 2 is 1.95 bits per heavy atom. The third-order valence-corrected chi connectivity index (χ3v) is 3.59. The molecule has 1 atom stereocenters. The minimum Gasteiger partial charge on any atom is -0.469 e. The summed E-state index contributed by atoms with van der Waals surface area (Å²) in [5.74, 6) is 1.65. The maximum atomic E-state index is 12.1. The van der Waals surface area contributed by atoms with Gasteiger partial charge in [-0.15, -0.1) is 5.54 Å². The van der Waals surface area contributed by atoms with Gasteiger partial charge in [-0.05, 0) is 25.8 Å². The van der Waals surface area contributed by atoms with Crippen LogP contribution < -0.4 is 0 Å². The van der Waals surface area contributed by atoms with E-state index in [-0.39, 0.29) is 13.0 Å². The van der Waals surface area contributed by atoms with Gasteiger partial charge < -0.3 is 9.47 Å². The Labute approximate surface area is 132 Å². The molecule has 0 bridgehead atoms. The van der Waals surface area contributed by atoms with Gasteiger partial charge in [-0.1, -0.05) is 30.7 Å². The van der Waals surface area contributed by atoms with Gasteiger partial charge in [-0.2, -0.15) is 0 Å². The van der Waals surface area contributed by atoms with E-state index in [2.05, 4.69) is 45.9 Å². The third-order valence-electron chi connectivity index (χ3n) is 2.66. The van der Waals surface area contributed by atoms with Crippen LogP contribution in [-0.4, -0.2) is 39.8 Å². The molecule has 0 heterocycles. The minimum absolute atomic E-state index is 0.00398. The molecule has 0 fully saturated rings. The van der Waals surface area contributed by atoms with E-state index in [0.29, 0.717) is 0 Å². The maximum Gasteiger partial charge on any atom is 0.314 e. The summed E-state index contributed by atoms with van der Waals surface area (Å²) in [6, 6.07) is -1.06. The second kappa shape index (κ2) is 8.46. The van der Waals surface area contributed by atoms with Gasteiger partial charge in [0.25, 0.3) is 0 Å². The van der Waals surface area contributed by atoms with Crippen molar-refractivity contribution in [1.82, 2.24) is 0 Å². The lowest BCUT2D eigenvalue weighted by Gasteiger charge is -2.24. The summed E-state index contributed by atoms with van der Waals surface area (Å²) in [6.07, 6.45) is 0.00398. The molecule has 0 aromatic carbocycles. The molecule has 0 amide bonds. The summed E-state index contributed by atoms with van der Waals surface area (Å²) in [7, 11) is -0.307. The number of methoxy groups -OCH3 is 1. The average molecular weight is 325 g/mol. The molecule has 0 aromatic heterocycles. The number of hydrogen-bond donors (Lipinski definition) is 0. The topological polar surface area (TPSA) is 101 Å². The van der Waals surface area contributed by atoms with Crippen molar-refractivity contribution in [3.8, 4) is 11.5 Å². The number of nitrogens with zero attached hydrogens (tertiary/aromatic N) is 3. The number of azide groups is 1. The predicted octanol–water partition coefficient (Wildman–Crippen LogP) is 2.68. The van der Waals surface area contributed by atoms with E-state index in [0.717, 1.165) is 0 Å². The number of ether oxygens (including phenoxy) is 2. The maximum absolute atomic E-state index is 12.1. The second-order valence-electron chi connectivity index (χ2n) is 6.46. The van der Waals surface area contributed by atoms with Crippen LogP contribution in [-0.2, 0) is 19.1 Å². The van der Waals surface area contributed by atoms with Crippen LogP contribution in [0, 0.1) is 16.9 Å². The van der Waals surface area contributed by atoms with E-state index in [1.165, 1.54) is 7.11 Å². The Bertz CT molecular complexity index is 522. The normalized spacial score (nSPS) is 12.3. The van der Waals surface area contributed by atoms with E-state index < -0.39 is 31.5 Å². The van der Waals surface area contributed by atoms with Crippen LogP contribution in [0.1, 0.15) is 20.3 Å². The minimum atomic E-state index is -1.50. The predicted molar refractivity (Wildman–Crippen MR) is 85.4 cm³/mol. The summed E-state index contributed by atoms with van der Waals surface area (Å²) in [4.78, 5) is 26.2. The first-order valence-electron chi connectivity index (χ1n) is 6.83. The van der Waals surface area contributed by atoms with E-state index >= 15 is 0 Å². The van der Waals surface area contributed by atoms with E-state index in [9.17, 15) is 9.59 Å². The molecule has 0 rings (SSSR count). The first kappa shape index (κ1) is 20.0. The van der Waals surface area contributed by atoms with Crippen LogP contribution in [0.2, 0.25) is 19.6 Å². The Morgan fingerprint density at radius 3 is 2.41 bits per heavy atom. The molecule has 0 saturated heterocycles. The van der Waals surface area contributed by atoms with Crippen molar-refractivity contribution in [3.05, 3.63) is 10.4 Å². The van der Waals surface area contributed by atoms with Gasteiger partial charge in [-0.25, -0.2) is 0 Å². The SMILES string of the molecule is COC(=O)C(CC(C)(C)C(=O)OCC#C[Si](C)(C)C)N=[N+]=[N-]. The van der Waals surface area contributed by atoms with Crippen molar-refractivity contribution in [2.75, 3.05) is 13.7 Å². The highest BCUT2D eigenvalue weighted by Gasteiger charge is 2.35. The fraction of sp³-hybridized carbons (Fsp3) is 0.714. The number of rotatable bonds is 6. The fourth-order valence-electron chi connectivity index (χ4n) is 1.53. The van der Waals surface area contributed by atoms with Gasteiger partial charge >= 0.3 is 11.9 Å². The molecule has 0 saturated carbocycles. The van der Waals surface area contributed by atoms with Crippen LogP contribution >= 0.6 is 0 Å². The zero-order chi connectivity index (χ0) is 17.4. The molecule has 0 aromatic rings. The van der Waals surface area contributed by atoms with Crippen molar-refractivity contribution < 1.29 is 19.1 Å². The summed E-state index contributed by atoms with van der Waals surface area (Å²) in [5.41, 5.74) is 10.6. The number of carbonyl (C=O) groups excluding carboxylic acids is 2. The fourth-order valence-corrected chi connectivity index (χ4v) is 2.14. The van der Waals surface area contributed by atoms with Gasteiger partial charge in [0.15, 0.2) is 6.61 Å². The highest BCUT2D eigenvalue weighted by Crippen LogP contribution is 2.26. The molecule has 8 heteroatoms. The lowest BCUT2D eigenvalue weighted by atomic mass is 9.86. The highest BCUT2D eigenvalue weighted by atomic mass is 28.3. The molecule has 7 nitrogen and oxygen atoms in total. The Morgan fingerprint density at radius 1 is 1.36 bits per heavy atom. The Hall–Kier alpha value is -1.97. The molecule has 0 aliphatic heterocycles.